The molecule has 1 aromatic carbocycles. The minimum absolute atomic E-state index is 0.103. The van der Waals surface area contributed by atoms with Crippen LogP contribution in [0.25, 0.3) is 0 Å². The van der Waals surface area contributed by atoms with E-state index in [1.807, 2.05) is 58.0 Å². The summed E-state index contributed by atoms with van der Waals surface area (Å²) in [5.74, 6) is -0.103. The van der Waals surface area contributed by atoms with E-state index in [0.717, 1.165) is 44.2 Å². The number of hydrogen-bond donors (Lipinski definition) is 0. The van der Waals surface area contributed by atoms with Gasteiger partial charge in [0.25, 0.3) is 0 Å². The first-order chi connectivity index (χ1) is 12.8. The molecule has 0 aliphatic heterocycles. The lowest BCUT2D eigenvalue weighted by Gasteiger charge is -2.27. The minimum Gasteiger partial charge on any atom is -0.466 e. The Balaban J connectivity index is 2.34. The second-order valence-electron chi connectivity index (χ2n) is 7.64. The third kappa shape index (κ3) is 10.6. The minimum atomic E-state index is -0.511. The Kier molecular flexibility index (Phi) is 10.5. The zero-order valence-electron chi connectivity index (χ0n) is 17.3. The Bertz CT molecular complexity index is 551. The van der Waals surface area contributed by atoms with Crippen molar-refractivity contribution in [3.8, 4) is 0 Å². The van der Waals surface area contributed by atoms with E-state index in [0.29, 0.717) is 19.6 Å². The zero-order valence-corrected chi connectivity index (χ0v) is 17.3. The molecular formula is C22H35NO4. The van der Waals surface area contributed by atoms with Crippen LogP contribution in [0.1, 0.15) is 72.6 Å². The van der Waals surface area contributed by atoms with Crippen molar-refractivity contribution in [3.05, 3.63) is 30.3 Å². The van der Waals surface area contributed by atoms with Crippen molar-refractivity contribution in [1.82, 2.24) is 0 Å². The van der Waals surface area contributed by atoms with Crippen molar-refractivity contribution in [2.75, 3.05) is 18.1 Å². The second kappa shape index (κ2) is 12.4. The molecule has 0 atom stereocenters. The van der Waals surface area contributed by atoms with E-state index < -0.39 is 5.60 Å². The number of nitrogens with zero attached hydrogens (tertiary/aromatic N) is 1. The Morgan fingerprint density at radius 1 is 0.926 bits per heavy atom. The molecule has 5 heteroatoms. The highest BCUT2D eigenvalue weighted by Crippen LogP contribution is 2.19. The molecule has 1 aromatic rings. The molecule has 0 fully saturated rings. The number of carbonyl (C=O) groups is 2. The number of ether oxygens (including phenoxy) is 2. The van der Waals surface area contributed by atoms with Gasteiger partial charge in [0.2, 0.25) is 0 Å². The molecule has 27 heavy (non-hydrogen) atoms. The van der Waals surface area contributed by atoms with Crippen LogP contribution in [-0.2, 0) is 14.3 Å². The number of anilines is 1. The molecule has 0 N–H and O–H groups in total. The van der Waals surface area contributed by atoms with E-state index in [-0.39, 0.29) is 12.1 Å². The number of hydrogen-bond acceptors (Lipinski definition) is 4. The van der Waals surface area contributed by atoms with Gasteiger partial charge in [-0.1, -0.05) is 43.9 Å². The lowest BCUT2D eigenvalue weighted by atomic mass is 10.1. The van der Waals surface area contributed by atoms with Gasteiger partial charge in [-0.25, -0.2) is 4.79 Å². The van der Waals surface area contributed by atoms with Crippen LogP contribution in [0.4, 0.5) is 10.5 Å². The third-order valence-electron chi connectivity index (χ3n) is 4.00. The lowest BCUT2D eigenvalue weighted by Crippen LogP contribution is -2.37. The van der Waals surface area contributed by atoms with Gasteiger partial charge in [0.1, 0.15) is 5.60 Å². The number of rotatable bonds is 11. The van der Waals surface area contributed by atoms with E-state index in [9.17, 15) is 9.59 Å². The summed E-state index contributed by atoms with van der Waals surface area (Å²) in [6.45, 7) is 8.56. The first-order valence-electron chi connectivity index (χ1n) is 10.0. The van der Waals surface area contributed by atoms with E-state index in [4.69, 9.17) is 9.47 Å². The summed E-state index contributed by atoms with van der Waals surface area (Å²) in [7, 11) is 0. The van der Waals surface area contributed by atoms with Crippen molar-refractivity contribution in [3.63, 3.8) is 0 Å². The number of amides is 1. The summed E-state index contributed by atoms with van der Waals surface area (Å²) in [6, 6.07) is 9.65. The second-order valence-corrected chi connectivity index (χ2v) is 7.64. The Morgan fingerprint density at radius 3 is 2.11 bits per heavy atom. The highest BCUT2D eigenvalue weighted by Gasteiger charge is 2.22. The first kappa shape index (κ1) is 23.0. The first-order valence-corrected chi connectivity index (χ1v) is 10.0. The van der Waals surface area contributed by atoms with Crippen molar-refractivity contribution in [2.24, 2.45) is 0 Å². The summed E-state index contributed by atoms with van der Waals surface area (Å²) in [4.78, 5) is 25.5. The van der Waals surface area contributed by atoms with Gasteiger partial charge < -0.3 is 9.47 Å². The Hall–Kier alpha value is -2.04. The molecule has 0 saturated heterocycles. The molecule has 1 rings (SSSR count). The molecule has 1 amide bonds. The summed E-state index contributed by atoms with van der Waals surface area (Å²) in [5.41, 5.74) is 0.351. The maximum absolute atomic E-state index is 12.5. The molecule has 0 aliphatic carbocycles. The van der Waals surface area contributed by atoms with Gasteiger partial charge in [0.15, 0.2) is 0 Å². The summed E-state index contributed by atoms with van der Waals surface area (Å²) in [6.07, 6.45) is 6.28. The third-order valence-corrected chi connectivity index (χ3v) is 4.00. The molecule has 0 aliphatic rings. The van der Waals surface area contributed by atoms with E-state index in [2.05, 4.69) is 0 Å². The van der Waals surface area contributed by atoms with Crippen molar-refractivity contribution >= 4 is 17.7 Å². The van der Waals surface area contributed by atoms with Crippen LogP contribution in [0.5, 0.6) is 0 Å². The van der Waals surface area contributed by atoms with Crippen LogP contribution in [0.15, 0.2) is 30.3 Å². The summed E-state index contributed by atoms with van der Waals surface area (Å²) in [5, 5.41) is 0. The normalized spacial score (nSPS) is 11.1. The summed E-state index contributed by atoms with van der Waals surface area (Å²) >= 11 is 0. The van der Waals surface area contributed by atoms with Gasteiger partial charge in [0.05, 0.1) is 6.61 Å². The fourth-order valence-electron chi connectivity index (χ4n) is 2.73. The monoisotopic (exact) mass is 377 g/mol. The van der Waals surface area contributed by atoms with Gasteiger partial charge in [-0.15, -0.1) is 0 Å². The van der Waals surface area contributed by atoms with E-state index >= 15 is 0 Å². The van der Waals surface area contributed by atoms with Gasteiger partial charge in [-0.3, -0.25) is 9.69 Å². The molecule has 0 radical (unpaired) electrons. The van der Waals surface area contributed by atoms with Gasteiger partial charge in [-0.2, -0.15) is 0 Å². The number of esters is 1. The molecular weight excluding hydrogens is 342 g/mol. The predicted molar refractivity (Wildman–Crippen MR) is 109 cm³/mol. The van der Waals surface area contributed by atoms with E-state index in [1.165, 1.54) is 0 Å². The molecule has 0 saturated carbocycles. The maximum atomic E-state index is 12.5. The number of benzene rings is 1. The van der Waals surface area contributed by atoms with Crippen LogP contribution < -0.4 is 4.90 Å². The average molecular weight is 378 g/mol. The molecule has 0 unspecified atom stereocenters. The fourth-order valence-corrected chi connectivity index (χ4v) is 2.73. The average Bonchev–Trinajstić information content (AvgIpc) is 2.59. The number of carbonyl (C=O) groups excluding carboxylic acids is 2. The lowest BCUT2D eigenvalue weighted by molar-refractivity contribution is -0.143. The highest BCUT2D eigenvalue weighted by molar-refractivity contribution is 5.87. The zero-order chi connectivity index (χ0) is 20.1. The quantitative estimate of drug-likeness (QED) is 0.365. The molecule has 152 valence electrons. The fraction of sp³-hybridized carbons (Fsp3) is 0.636. The topological polar surface area (TPSA) is 55.8 Å². The van der Waals surface area contributed by atoms with Gasteiger partial charge >= 0.3 is 12.1 Å². The molecule has 0 bridgehead atoms. The highest BCUT2D eigenvalue weighted by atomic mass is 16.6. The number of unbranched alkanes of at least 4 members (excludes halogenated alkanes) is 5. The standard InChI is InChI=1S/C22H35NO4/c1-5-26-20(24)17-13-8-6-7-9-14-18-23(19-15-11-10-12-16-19)21(25)27-22(2,3)4/h10-12,15-16H,5-9,13-14,17-18H2,1-4H3. The Morgan fingerprint density at radius 2 is 1.52 bits per heavy atom. The predicted octanol–water partition coefficient (Wildman–Crippen LogP) is 5.72. The van der Waals surface area contributed by atoms with Crippen LogP contribution >= 0.6 is 0 Å². The number of para-hydroxylation sites is 1. The molecule has 0 heterocycles. The molecule has 0 spiro atoms. The smallest absolute Gasteiger partial charge is 0.414 e. The van der Waals surface area contributed by atoms with Crippen molar-refractivity contribution < 1.29 is 19.1 Å². The summed E-state index contributed by atoms with van der Waals surface area (Å²) < 4.78 is 10.5. The Labute approximate surface area is 164 Å². The van der Waals surface area contributed by atoms with Gasteiger partial charge in [0, 0.05) is 18.7 Å². The van der Waals surface area contributed by atoms with Crippen LogP contribution in [0.3, 0.4) is 0 Å². The van der Waals surface area contributed by atoms with E-state index in [1.54, 1.807) is 4.90 Å². The largest absolute Gasteiger partial charge is 0.466 e. The van der Waals surface area contributed by atoms with Gasteiger partial charge in [-0.05, 0) is 52.7 Å². The van der Waals surface area contributed by atoms with Crippen LogP contribution in [0.2, 0.25) is 0 Å². The molecule has 0 aromatic heterocycles. The molecule has 5 nitrogen and oxygen atoms in total. The van der Waals surface area contributed by atoms with Crippen molar-refractivity contribution in [1.29, 1.82) is 0 Å². The van der Waals surface area contributed by atoms with Crippen LogP contribution in [-0.4, -0.2) is 30.8 Å². The van der Waals surface area contributed by atoms with Crippen molar-refractivity contribution in [2.45, 2.75) is 78.2 Å². The SMILES string of the molecule is CCOC(=O)CCCCCCCCN(C(=O)OC(C)(C)C)c1ccccc1. The van der Waals surface area contributed by atoms with Crippen LogP contribution in [0, 0.1) is 0 Å². The maximum Gasteiger partial charge on any atom is 0.414 e.